The molecule has 8 nitrogen and oxygen atoms in total. The number of amides is 3. The van der Waals surface area contributed by atoms with Gasteiger partial charge in [0.2, 0.25) is 5.96 Å². The van der Waals surface area contributed by atoms with Gasteiger partial charge in [-0.05, 0) is 24.6 Å². The van der Waals surface area contributed by atoms with Crippen molar-refractivity contribution in [3.8, 4) is 5.75 Å². The number of ether oxygens (including phenoxy) is 1. The van der Waals surface area contributed by atoms with Crippen LogP contribution in [0.2, 0.25) is 0 Å². The van der Waals surface area contributed by atoms with E-state index in [4.69, 9.17) is 9.73 Å². The van der Waals surface area contributed by atoms with Crippen LogP contribution in [-0.4, -0.2) is 72.1 Å². The van der Waals surface area contributed by atoms with E-state index in [2.05, 4.69) is 4.90 Å². The summed E-state index contributed by atoms with van der Waals surface area (Å²) >= 11 is 0. The molecule has 3 amide bonds. The Morgan fingerprint density at radius 2 is 1.87 bits per heavy atom. The summed E-state index contributed by atoms with van der Waals surface area (Å²) in [7, 11) is 3.36. The minimum Gasteiger partial charge on any atom is -0.497 e. The van der Waals surface area contributed by atoms with Crippen molar-refractivity contribution >= 4 is 23.6 Å². The molecule has 31 heavy (non-hydrogen) atoms. The summed E-state index contributed by atoms with van der Waals surface area (Å²) in [5.41, 5.74) is 3.02. The van der Waals surface area contributed by atoms with Gasteiger partial charge in [-0.15, -0.1) is 0 Å². The molecule has 2 unspecified atom stereocenters. The topological polar surface area (TPSA) is 68.7 Å². The van der Waals surface area contributed by atoms with Crippen molar-refractivity contribution in [1.82, 2.24) is 14.7 Å². The Kier molecular flexibility index (Phi) is 4.57. The smallest absolute Gasteiger partial charge is 0.328 e. The number of imide groups is 1. The normalized spacial score (nSPS) is 22.6. The summed E-state index contributed by atoms with van der Waals surface area (Å²) in [5, 5.41) is 0. The first kappa shape index (κ1) is 19.4. The molecule has 8 heteroatoms. The minimum atomic E-state index is -0.516. The lowest BCUT2D eigenvalue weighted by Crippen LogP contribution is -2.64. The first-order chi connectivity index (χ1) is 15.0. The molecule has 3 aliphatic rings. The second-order valence-electron chi connectivity index (χ2n) is 8.14. The van der Waals surface area contributed by atoms with Gasteiger partial charge in [0.15, 0.2) is 12.2 Å². The summed E-state index contributed by atoms with van der Waals surface area (Å²) in [6.45, 7) is 3.66. The van der Waals surface area contributed by atoms with Crippen LogP contribution in [0.4, 0.5) is 10.5 Å². The molecule has 2 fully saturated rings. The predicted octanol–water partition coefficient (Wildman–Crippen LogP) is 2.28. The number of fused-ring (bicyclic) bond motifs is 3. The fourth-order valence-electron chi connectivity index (χ4n) is 4.48. The number of hydrogen-bond acceptors (Lipinski definition) is 6. The Bertz CT molecular complexity index is 1070. The van der Waals surface area contributed by atoms with Gasteiger partial charge >= 0.3 is 6.03 Å². The van der Waals surface area contributed by atoms with Crippen LogP contribution in [0, 0.1) is 6.92 Å². The van der Waals surface area contributed by atoms with Gasteiger partial charge in [0, 0.05) is 31.9 Å². The fourth-order valence-corrected chi connectivity index (χ4v) is 4.48. The number of methoxy groups -OCH3 is 1. The van der Waals surface area contributed by atoms with Crippen LogP contribution in [0.3, 0.4) is 0 Å². The van der Waals surface area contributed by atoms with Gasteiger partial charge < -0.3 is 19.4 Å². The SMILES string of the molecule is COc1cccc(N2CCN3C2=NC2C3C(=O)N(Cc3ccc(C)cc3)C(=O)N2C)c1. The molecule has 2 atom stereocenters. The maximum Gasteiger partial charge on any atom is 0.328 e. The first-order valence-corrected chi connectivity index (χ1v) is 10.4. The predicted molar refractivity (Wildman–Crippen MR) is 117 cm³/mol. The number of nitrogens with zero attached hydrogens (tertiary/aromatic N) is 5. The highest BCUT2D eigenvalue weighted by Crippen LogP contribution is 2.34. The monoisotopic (exact) mass is 419 g/mol. The highest BCUT2D eigenvalue weighted by molar-refractivity contribution is 6.08. The Labute approximate surface area is 181 Å². The van der Waals surface area contributed by atoms with E-state index in [0.29, 0.717) is 6.54 Å². The molecule has 3 aliphatic heterocycles. The van der Waals surface area contributed by atoms with E-state index in [9.17, 15) is 9.59 Å². The van der Waals surface area contributed by atoms with Gasteiger partial charge in [-0.2, -0.15) is 0 Å². The quantitative estimate of drug-likeness (QED) is 0.761. The molecule has 0 N–H and O–H groups in total. The van der Waals surface area contributed by atoms with Crippen LogP contribution in [0.15, 0.2) is 53.5 Å². The van der Waals surface area contributed by atoms with Crippen molar-refractivity contribution in [3.05, 3.63) is 59.7 Å². The maximum atomic E-state index is 13.4. The molecule has 5 rings (SSSR count). The number of aliphatic imine (C=N–C) groups is 1. The van der Waals surface area contributed by atoms with Gasteiger partial charge in [0.25, 0.3) is 5.91 Å². The Morgan fingerprint density at radius 3 is 2.61 bits per heavy atom. The molecule has 0 bridgehead atoms. The molecular weight excluding hydrogens is 394 g/mol. The van der Waals surface area contributed by atoms with Gasteiger partial charge in [0.1, 0.15) is 5.75 Å². The minimum absolute atomic E-state index is 0.195. The maximum absolute atomic E-state index is 13.4. The number of rotatable bonds is 4. The number of aryl methyl sites for hydroxylation is 1. The molecule has 0 aliphatic carbocycles. The lowest BCUT2D eigenvalue weighted by molar-refractivity contribution is -0.137. The van der Waals surface area contributed by atoms with Gasteiger partial charge in [-0.3, -0.25) is 9.69 Å². The lowest BCUT2D eigenvalue weighted by Gasteiger charge is -2.40. The van der Waals surface area contributed by atoms with E-state index in [1.54, 1.807) is 19.1 Å². The third kappa shape index (κ3) is 3.10. The second kappa shape index (κ2) is 7.30. The zero-order valence-corrected chi connectivity index (χ0v) is 17.9. The van der Waals surface area contributed by atoms with Gasteiger partial charge in [0.05, 0.1) is 13.7 Å². The van der Waals surface area contributed by atoms with Crippen LogP contribution in [0.1, 0.15) is 11.1 Å². The molecule has 2 saturated heterocycles. The summed E-state index contributed by atoms with van der Waals surface area (Å²) in [6, 6.07) is 14.9. The van der Waals surface area contributed by atoms with Crippen molar-refractivity contribution < 1.29 is 14.3 Å². The highest BCUT2D eigenvalue weighted by atomic mass is 16.5. The standard InChI is InChI=1S/C23H25N5O3/c1-15-7-9-16(10-8-15)14-28-21(29)19-20(25(2)23(28)30)24-22-26(11-12-27(19)22)17-5-4-6-18(13-17)31-3/h4-10,13,19-20H,11-12,14H2,1-3H3. The van der Waals surface area contributed by atoms with Crippen molar-refractivity contribution in [1.29, 1.82) is 0 Å². The molecule has 0 radical (unpaired) electrons. The third-order valence-electron chi connectivity index (χ3n) is 6.20. The largest absolute Gasteiger partial charge is 0.497 e. The Morgan fingerprint density at radius 1 is 1.10 bits per heavy atom. The van der Waals surface area contributed by atoms with E-state index < -0.39 is 12.2 Å². The number of carbonyl (C=O) groups is 2. The molecule has 0 spiro atoms. The average Bonchev–Trinajstić information content (AvgIpc) is 3.36. The number of likely N-dealkylation sites (N-methyl/N-ethyl adjacent to an activating group) is 1. The van der Waals surface area contributed by atoms with Crippen molar-refractivity contribution in [2.45, 2.75) is 25.7 Å². The summed E-state index contributed by atoms with van der Waals surface area (Å²) < 4.78 is 5.35. The number of benzene rings is 2. The number of hydrogen-bond donors (Lipinski definition) is 0. The van der Waals surface area contributed by atoms with Crippen molar-refractivity contribution in [2.75, 3.05) is 32.1 Å². The van der Waals surface area contributed by atoms with E-state index in [1.165, 1.54) is 4.90 Å². The molecule has 0 aromatic heterocycles. The highest BCUT2D eigenvalue weighted by Gasteiger charge is 2.54. The number of carbonyl (C=O) groups excluding carboxylic acids is 2. The molecule has 160 valence electrons. The molecule has 3 heterocycles. The number of urea groups is 1. The van der Waals surface area contributed by atoms with E-state index in [-0.39, 0.29) is 18.5 Å². The van der Waals surface area contributed by atoms with Crippen molar-refractivity contribution in [3.63, 3.8) is 0 Å². The second-order valence-corrected chi connectivity index (χ2v) is 8.14. The van der Waals surface area contributed by atoms with E-state index in [1.807, 2.05) is 60.4 Å². The van der Waals surface area contributed by atoms with Crippen LogP contribution >= 0.6 is 0 Å². The molecule has 0 saturated carbocycles. The number of anilines is 1. The van der Waals surface area contributed by atoms with Crippen LogP contribution in [0.5, 0.6) is 5.75 Å². The van der Waals surface area contributed by atoms with E-state index in [0.717, 1.165) is 35.1 Å². The zero-order valence-electron chi connectivity index (χ0n) is 17.9. The van der Waals surface area contributed by atoms with Crippen molar-refractivity contribution in [2.24, 2.45) is 4.99 Å². The Hall–Kier alpha value is -3.55. The third-order valence-corrected chi connectivity index (χ3v) is 6.20. The average molecular weight is 419 g/mol. The zero-order chi connectivity index (χ0) is 21.7. The van der Waals surface area contributed by atoms with Crippen LogP contribution < -0.4 is 9.64 Å². The molecule has 2 aromatic carbocycles. The van der Waals surface area contributed by atoms with Crippen LogP contribution in [-0.2, 0) is 11.3 Å². The molecular formula is C23H25N5O3. The fraction of sp³-hybridized carbons (Fsp3) is 0.348. The van der Waals surface area contributed by atoms with Crippen LogP contribution in [0.25, 0.3) is 0 Å². The first-order valence-electron chi connectivity index (χ1n) is 10.4. The summed E-state index contributed by atoms with van der Waals surface area (Å²) in [5.74, 6) is 1.30. The molecule has 2 aromatic rings. The lowest BCUT2D eigenvalue weighted by atomic mass is 10.1. The van der Waals surface area contributed by atoms with Gasteiger partial charge in [-0.1, -0.05) is 35.9 Å². The number of guanidine groups is 1. The Balaban J connectivity index is 1.43. The summed E-state index contributed by atoms with van der Waals surface area (Å²) in [4.78, 5) is 38.3. The summed E-state index contributed by atoms with van der Waals surface area (Å²) in [6.07, 6.45) is -0.516. The van der Waals surface area contributed by atoms with Gasteiger partial charge in [-0.25, -0.2) is 9.79 Å². The van der Waals surface area contributed by atoms with E-state index >= 15 is 0 Å².